The number of aryl methyl sites for hydroxylation is 2. The molecule has 0 spiro atoms. The molecule has 0 unspecified atom stereocenters. The first-order valence-electron chi connectivity index (χ1n) is 5.80. The van der Waals surface area contributed by atoms with Gasteiger partial charge < -0.3 is 5.73 Å². The highest BCUT2D eigenvalue weighted by atomic mass is 35.5. The summed E-state index contributed by atoms with van der Waals surface area (Å²) in [5, 5.41) is 0.779. The Bertz CT molecular complexity index is 566. The van der Waals surface area contributed by atoms with E-state index in [0.29, 0.717) is 0 Å². The van der Waals surface area contributed by atoms with Crippen LogP contribution in [-0.2, 0) is 5.75 Å². The van der Waals surface area contributed by atoms with Crippen LogP contribution in [-0.4, -0.2) is 0 Å². The Morgan fingerprint density at radius 2 is 1.89 bits per heavy atom. The SMILES string of the molecule is Cc1ccc(SCc2cc(N)ccc2Cl)c(C)c1. The average molecular weight is 278 g/mol. The number of benzene rings is 2. The zero-order chi connectivity index (χ0) is 13.1. The second-order valence-electron chi connectivity index (χ2n) is 4.41. The van der Waals surface area contributed by atoms with Gasteiger partial charge in [0.25, 0.3) is 0 Å². The monoisotopic (exact) mass is 277 g/mol. The van der Waals surface area contributed by atoms with E-state index in [2.05, 4.69) is 32.0 Å². The Hall–Kier alpha value is -1.12. The number of anilines is 1. The van der Waals surface area contributed by atoms with Crippen molar-refractivity contribution < 1.29 is 0 Å². The third-order valence-corrected chi connectivity index (χ3v) is 4.38. The van der Waals surface area contributed by atoms with Crippen LogP contribution >= 0.6 is 23.4 Å². The highest BCUT2D eigenvalue weighted by Crippen LogP contribution is 2.30. The maximum atomic E-state index is 6.16. The molecule has 0 atom stereocenters. The maximum absolute atomic E-state index is 6.16. The molecule has 0 aromatic heterocycles. The molecule has 94 valence electrons. The van der Waals surface area contributed by atoms with Crippen molar-refractivity contribution in [3.8, 4) is 0 Å². The van der Waals surface area contributed by atoms with Crippen LogP contribution in [0.15, 0.2) is 41.3 Å². The lowest BCUT2D eigenvalue weighted by Gasteiger charge is -2.08. The fraction of sp³-hybridized carbons (Fsp3) is 0.200. The first kappa shape index (κ1) is 13.3. The first-order chi connectivity index (χ1) is 8.56. The number of thioether (sulfide) groups is 1. The molecule has 1 nitrogen and oxygen atoms in total. The van der Waals surface area contributed by atoms with Gasteiger partial charge in [-0.05, 0) is 49.2 Å². The van der Waals surface area contributed by atoms with Gasteiger partial charge in [-0.3, -0.25) is 0 Å². The van der Waals surface area contributed by atoms with Gasteiger partial charge in [-0.25, -0.2) is 0 Å². The van der Waals surface area contributed by atoms with Crippen LogP contribution in [0, 0.1) is 13.8 Å². The number of rotatable bonds is 3. The summed E-state index contributed by atoms with van der Waals surface area (Å²) < 4.78 is 0. The van der Waals surface area contributed by atoms with Crippen molar-refractivity contribution in [3.05, 3.63) is 58.1 Å². The quantitative estimate of drug-likeness (QED) is 0.642. The molecule has 0 aliphatic carbocycles. The molecule has 0 bridgehead atoms. The Morgan fingerprint density at radius 1 is 1.11 bits per heavy atom. The third-order valence-electron chi connectivity index (χ3n) is 2.78. The van der Waals surface area contributed by atoms with E-state index in [1.807, 2.05) is 18.2 Å². The van der Waals surface area contributed by atoms with Gasteiger partial charge in [-0.15, -0.1) is 11.8 Å². The van der Waals surface area contributed by atoms with Crippen LogP contribution in [0.5, 0.6) is 0 Å². The van der Waals surface area contributed by atoms with Gasteiger partial charge in [0.2, 0.25) is 0 Å². The number of halogens is 1. The molecule has 0 aliphatic heterocycles. The van der Waals surface area contributed by atoms with E-state index in [1.54, 1.807) is 11.8 Å². The summed E-state index contributed by atoms with van der Waals surface area (Å²) in [6.07, 6.45) is 0. The minimum atomic E-state index is 0.760. The molecule has 0 amide bonds. The molecule has 2 aromatic rings. The van der Waals surface area contributed by atoms with Crippen molar-refractivity contribution in [2.75, 3.05) is 5.73 Å². The molecule has 3 heteroatoms. The largest absolute Gasteiger partial charge is 0.399 e. The fourth-order valence-electron chi connectivity index (χ4n) is 1.82. The maximum Gasteiger partial charge on any atom is 0.0448 e. The number of nitrogen functional groups attached to an aromatic ring is 1. The van der Waals surface area contributed by atoms with E-state index in [4.69, 9.17) is 17.3 Å². The summed E-state index contributed by atoms with van der Waals surface area (Å²) in [5.41, 5.74) is 10.2. The molecule has 2 N–H and O–H groups in total. The molecule has 2 rings (SSSR count). The predicted molar refractivity (Wildman–Crippen MR) is 81.3 cm³/mol. The number of hydrogen-bond donors (Lipinski definition) is 1. The molecular formula is C15H16ClNS. The third kappa shape index (κ3) is 3.21. The van der Waals surface area contributed by atoms with Crippen LogP contribution in [0.2, 0.25) is 5.02 Å². The first-order valence-corrected chi connectivity index (χ1v) is 7.16. The summed E-state index contributed by atoms with van der Waals surface area (Å²) in [6, 6.07) is 12.1. The Labute approximate surface area is 117 Å². The van der Waals surface area contributed by atoms with E-state index in [1.165, 1.54) is 16.0 Å². The molecule has 0 radical (unpaired) electrons. The fourth-order valence-corrected chi connectivity index (χ4v) is 3.09. The van der Waals surface area contributed by atoms with E-state index >= 15 is 0 Å². The van der Waals surface area contributed by atoms with Gasteiger partial charge in [0.1, 0.15) is 0 Å². The molecule has 0 saturated heterocycles. The minimum Gasteiger partial charge on any atom is -0.399 e. The highest BCUT2D eigenvalue weighted by Gasteiger charge is 2.04. The van der Waals surface area contributed by atoms with Crippen LogP contribution < -0.4 is 5.73 Å². The molecular weight excluding hydrogens is 262 g/mol. The molecule has 18 heavy (non-hydrogen) atoms. The molecule has 0 aliphatic rings. The van der Waals surface area contributed by atoms with Crippen LogP contribution in [0.4, 0.5) is 5.69 Å². The van der Waals surface area contributed by atoms with Crippen molar-refractivity contribution >= 4 is 29.1 Å². The molecule has 0 fully saturated rings. The second kappa shape index (κ2) is 5.68. The zero-order valence-corrected chi connectivity index (χ0v) is 12.1. The smallest absolute Gasteiger partial charge is 0.0448 e. The topological polar surface area (TPSA) is 26.0 Å². The summed E-state index contributed by atoms with van der Waals surface area (Å²) in [7, 11) is 0. The molecule has 0 saturated carbocycles. The Kier molecular flexibility index (Phi) is 4.20. The lowest BCUT2D eigenvalue weighted by molar-refractivity contribution is 1.25. The van der Waals surface area contributed by atoms with Crippen molar-refractivity contribution in [1.82, 2.24) is 0 Å². The summed E-state index contributed by atoms with van der Waals surface area (Å²) in [5.74, 6) is 0.841. The summed E-state index contributed by atoms with van der Waals surface area (Å²) >= 11 is 7.95. The standard InChI is InChI=1S/C15H16ClNS/c1-10-3-6-15(11(2)7-10)18-9-12-8-13(17)4-5-14(12)16/h3-8H,9,17H2,1-2H3. The Morgan fingerprint density at radius 3 is 2.61 bits per heavy atom. The second-order valence-corrected chi connectivity index (χ2v) is 5.83. The van der Waals surface area contributed by atoms with Crippen molar-refractivity contribution in [2.45, 2.75) is 24.5 Å². The Balaban J connectivity index is 2.13. The van der Waals surface area contributed by atoms with E-state index < -0.39 is 0 Å². The van der Waals surface area contributed by atoms with Gasteiger partial charge in [0, 0.05) is 21.4 Å². The molecule has 2 aromatic carbocycles. The van der Waals surface area contributed by atoms with Gasteiger partial charge in [-0.1, -0.05) is 29.3 Å². The van der Waals surface area contributed by atoms with Crippen molar-refractivity contribution in [2.24, 2.45) is 0 Å². The van der Waals surface area contributed by atoms with Gasteiger partial charge in [0.15, 0.2) is 0 Å². The molecule has 0 heterocycles. The predicted octanol–water partition coefficient (Wildman–Crippen LogP) is 4.83. The van der Waals surface area contributed by atoms with E-state index in [9.17, 15) is 0 Å². The van der Waals surface area contributed by atoms with Crippen LogP contribution in [0.25, 0.3) is 0 Å². The van der Waals surface area contributed by atoms with E-state index in [-0.39, 0.29) is 0 Å². The average Bonchev–Trinajstić information content (AvgIpc) is 2.32. The highest BCUT2D eigenvalue weighted by molar-refractivity contribution is 7.98. The normalized spacial score (nSPS) is 10.6. The summed E-state index contributed by atoms with van der Waals surface area (Å²) in [6.45, 7) is 4.24. The van der Waals surface area contributed by atoms with Crippen LogP contribution in [0.3, 0.4) is 0 Å². The van der Waals surface area contributed by atoms with Crippen LogP contribution in [0.1, 0.15) is 16.7 Å². The van der Waals surface area contributed by atoms with Gasteiger partial charge in [-0.2, -0.15) is 0 Å². The minimum absolute atomic E-state index is 0.760. The van der Waals surface area contributed by atoms with Crippen molar-refractivity contribution in [3.63, 3.8) is 0 Å². The van der Waals surface area contributed by atoms with Gasteiger partial charge in [0.05, 0.1) is 0 Å². The summed E-state index contributed by atoms with van der Waals surface area (Å²) in [4.78, 5) is 1.29. The van der Waals surface area contributed by atoms with Crippen molar-refractivity contribution in [1.29, 1.82) is 0 Å². The number of hydrogen-bond acceptors (Lipinski definition) is 2. The van der Waals surface area contributed by atoms with E-state index in [0.717, 1.165) is 22.0 Å². The number of nitrogens with two attached hydrogens (primary N) is 1. The zero-order valence-electron chi connectivity index (χ0n) is 10.5. The lowest BCUT2D eigenvalue weighted by atomic mass is 10.2. The lowest BCUT2D eigenvalue weighted by Crippen LogP contribution is -1.89. The van der Waals surface area contributed by atoms with Gasteiger partial charge >= 0.3 is 0 Å².